The fourth-order valence-electron chi connectivity index (χ4n) is 1.66. The number of methoxy groups -OCH3 is 2. The van der Waals surface area contributed by atoms with Crippen LogP contribution in [0.25, 0.3) is 5.69 Å². The summed E-state index contributed by atoms with van der Waals surface area (Å²) in [5, 5.41) is 0. The third-order valence-electron chi connectivity index (χ3n) is 2.59. The predicted molar refractivity (Wildman–Crippen MR) is 73.4 cm³/mol. The zero-order valence-electron chi connectivity index (χ0n) is 11.4. The summed E-state index contributed by atoms with van der Waals surface area (Å²) in [6.07, 6.45) is 1.39. The van der Waals surface area contributed by atoms with E-state index in [4.69, 9.17) is 9.47 Å². The van der Waals surface area contributed by atoms with Gasteiger partial charge in [-0.15, -0.1) is 0 Å². The summed E-state index contributed by atoms with van der Waals surface area (Å²) in [4.78, 5) is 19.7. The summed E-state index contributed by atoms with van der Waals surface area (Å²) in [6.45, 7) is 0. The van der Waals surface area contributed by atoms with Crippen molar-refractivity contribution in [2.24, 2.45) is 0 Å². The van der Waals surface area contributed by atoms with E-state index in [0.29, 0.717) is 17.2 Å². The Morgan fingerprint density at radius 1 is 1.20 bits per heavy atom. The molecule has 20 heavy (non-hydrogen) atoms. The van der Waals surface area contributed by atoms with Crippen LogP contribution >= 0.6 is 0 Å². The number of hydrogen-bond donors (Lipinski definition) is 2. The van der Waals surface area contributed by atoms with Crippen LogP contribution in [-0.4, -0.2) is 35.8 Å². The van der Waals surface area contributed by atoms with E-state index in [1.165, 1.54) is 18.0 Å². The van der Waals surface area contributed by atoms with Crippen LogP contribution in [0, 0.1) is 0 Å². The van der Waals surface area contributed by atoms with Crippen LogP contribution in [0.3, 0.4) is 0 Å². The smallest absolute Gasteiger partial charge is 0.356 e. The van der Waals surface area contributed by atoms with Crippen LogP contribution in [0.4, 0.5) is 5.95 Å². The fourth-order valence-corrected chi connectivity index (χ4v) is 1.66. The number of benzene rings is 1. The number of aromatic nitrogens is 3. The van der Waals surface area contributed by atoms with Crippen molar-refractivity contribution in [2.45, 2.75) is 0 Å². The Bertz CT molecular complexity index is 656. The van der Waals surface area contributed by atoms with Crippen molar-refractivity contribution in [2.75, 3.05) is 26.7 Å². The van der Waals surface area contributed by atoms with Gasteiger partial charge >= 0.3 is 5.69 Å². The Hall–Kier alpha value is -2.61. The summed E-state index contributed by atoms with van der Waals surface area (Å²) in [5.74, 6) is 1.31. The summed E-state index contributed by atoms with van der Waals surface area (Å²) in [7, 11) is 4.73. The van der Waals surface area contributed by atoms with E-state index < -0.39 is 5.69 Å². The first-order valence-corrected chi connectivity index (χ1v) is 5.80. The van der Waals surface area contributed by atoms with Crippen LogP contribution in [0.1, 0.15) is 0 Å². The number of anilines is 1. The van der Waals surface area contributed by atoms with Crippen molar-refractivity contribution in [3.63, 3.8) is 0 Å². The Morgan fingerprint density at radius 3 is 2.55 bits per heavy atom. The molecule has 0 radical (unpaired) electrons. The summed E-state index contributed by atoms with van der Waals surface area (Å²) in [5.41, 5.74) is 5.41. The summed E-state index contributed by atoms with van der Waals surface area (Å²) >= 11 is 0. The van der Waals surface area contributed by atoms with Gasteiger partial charge in [-0.3, -0.25) is 9.99 Å². The minimum absolute atomic E-state index is 0.203. The normalized spacial score (nSPS) is 10.2. The highest BCUT2D eigenvalue weighted by Gasteiger charge is 2.08. The molecule has 0 amide bonds. The molecule has 106 valence electrons. The third-order valence-corrected chi connectivity index (χ3v) is 2.59. The van der Waals surface area contributed by atoms with Crippen LogP contribution in [0.2, 0.25) is 0 Å². The topological polar surface area (TPSA) is 90.3 Å². The minimum Gasteiger partial charge on any atom is -0.493 e. The van der Waals surface area contributed by atoms with Crippen LogP contribution in [0.15, 0.2) is 29.3 Å². The maximum Gasteiger partial charge on any atom is 0.356 e. The van der Waals surface area contributed by atoms with Gasteiger partial charge in [-0.1, -0.05) is 0 Å². The van der Waals surface area contributed by atoms with E-state index in [-0.39, 0.29) is 5.95 Å². The molecule has 2 aromatic rings. The van der Waals surface area contributed by atoms with Crippen molar-refractivity contribution < 1.29 is 9.47 Å². The average Bonchev–Trinajstić information content (AvgIpc) is 2.47. The Labute approximate surface area is 115 Å². The van der Waals surface area contributed by atoms with Crippen LogP contribution in [0.5, 0.6) is 11.5 Å². The van der Waals surface area contributed by atoms with Gasteiger partial charge in [-0.2, -0.15) is 4.98 Å². The van der Waals surface area contributed by atoms with Crippen molar-refractivity contribution in [3.8, 4) is 17.2 Å². The molecule has 1 aromatic carbocycles. The molecule has 0 aliphatic carbocycles. The molecule has 0 spiro atoms. The number of hydrogen-bond acceptors (Lipinski definition) is 7. The second-order valence-corrected chi connectivity index (χ2v) is 3.75. The molecular formula is C12H15N5O3. The Balaban J connectivity index is 2.44. The maximum atomic E-state index is 11.9. The second kappa shape index (κ2) is 6.02. The van der Waals surface area contributed by atoms with Crippen molar-refractivity contribution >= 4 is 5.95 Å². The molecule has 1 aromatic heterocycles. The molecule has 2 N–H and O–H groups in total. The second-order valence-electron chi connectivity index (χ2n) is 3.75. The molecule has 0 aliphatic heterocycles. The lowest BCUT2D eigenvalue weighted by atomic mass is 10.2. The fraction of sp³-hybridized carbons (Fsp3) is 0.250. The maximum absolute atomic E-state index is 11.9. The zero-order valence-corrected chi connectivity index (χ0v) is 11.4. The van der Waals surface area contributed by atoms with E-state index in [1.807, 2.05) is 0 Å². The number of nitrogens with zero attached hydrogens (tertiary/aromatic N) is 3. The number of hydrazine groups is 1. The molecular weight excluding hydrogens is 262 g/mol. The standard InChI is InChI=1S/C12H15N5O3/c1-13-16-11-14-7-17(12(18)15-11)8-4-5-9(19-2)10(6-8)20-3/h4-7,13H,1-3H3,(H,15,16,18). The Kier molecular flexibility index (Phi) is 4.16. The first kappa shape index (κ1) is 13.8. The van der Waals surface area contributed by atoms with E-state index in [1.54, 1.807) is 32.4 Å². The van der Waals surface area contributed by atoms with Crippen molar-refractivity contribution in [3.05, 3.63) is 35.0 Å². The minimum atomic E-state index is -0.454. The van der Waals surface area contributed by atoms with Gasteiger partial charge in [0, 0.05) is 13.1 Å². The van der Waals surface area contributed by atoms with Crippen LogP contribution < -0.4 is 26.0 Å². The lowest BCUT2D eigenvalue weighted by molar-refractivity contribution is 0.355. The average molecular weight is 277 g/mol. The lowest BCUT2D eigenvalue weighted by Gasteiger charge is -2.10. The highest BCUT2D eigenvalue weighted by molar-refractivity contribution is 5.48. The van der Waals surface area contributed by atoms with E-state index in [0.717, 1.165) is 0 Å². The highest BCUT2D eigenvalue weighted by atomic mass is 16.5. The van der Waals surface area contributed by atoms with Gasteiger partial charge in [0.05, 0.1) is 19.9 Å². The molecule has 8 nitrogen and oxygen atoms in total. The van der Waals surface area contributed by atoms with E-state index in [9.17, 15) is 4.79 Å². The zero-order chi connectivity index (χ0) is 14.5. The molecule has 2 rings (SSSR count). The monoisotopic (exact) mass is 277 g/mol. The lowest BCUT2D eigenvalue weighted by Crippen LogP contribution is -2.26. The molecule has 0 atom stereocenters. The molecule has 1 heterocycles. The van der Waals surface area contributed by atoms with Gasteiger partial charge in [-0.05, 0) is 12.1 Å². The van der Waals surface area contributed by atoms with Crippen LogP contribution in [-0.2, 0) is 0 Å². The SMILES string of the molecule is CNNc1ncn(-c2ccc(OC)c(OC)c2)c(=O)n1. The highest BCUT2D eigenvalue weighted by Crippen LogP contribution is 2.28. The van der Waals surface area contributed by atoms with E-state index >= 15 is 0 Å². The summed E-state index contributed by atoms with van der Waals surface area (Å²) < 4.78 is 11.7. The van der Waals surface area contributed by atoms with Gasteiger partial charge in [0.15, 0.2) is 11.5 Å². The third kappa shape index (κ3) is 2.69. The first-order valence-electron chi connectivity index (χ1n) is 5.80. The molecule has 0 bridgehead atoms. The molecule has 0 unspecified atom stereocenters. The number of ether oxygens (including phenoxy) is 2. The van der Waals surface area contributed by atoms with Crippen molar-refractivity contribution in [1.29, 1.82) is 0 Å². The predicted octanol–water partition coefficient (Wildman–Crippen LogP) is 0.191. The largest absolute Gasteiger partial charge is 0.493 e. The molecule has 0 saturated carbocycles. The number of nitrogens with one attached hydrogen (secondary N) is 2. The van der Waals surface area contributed by atoms with E-state index in [2.05, 4.69) is 20.8 Å². The van der Waals surface area contributed by atoms with Gasteiger partial charge < -0.3 is 9.47 Å². The van der Waals surface area contributed by atoms with Crippen molar-refractivity contribution in [1.82, 2.24) is 20.0 Å². The molecule has 0 aliphatic rings. The van der Waals surface area contributed by atoms with Gasteiger partial charge in [0.25, 0.3) is 0 Å². The van der Waals surface area contributed by atoms with Gasteiger partial charge in [-0.25, -0.2) is 15.2 Å². The van der Waals surface area contributed by atoms with Gasteiger partial charge in [0.1, 0.15) is 6.33 Å². The molecule has 8 heteroatoms. The van der Waals surface area contributed by atoms with Gasteiger partial charge in [0.2, 0.25) is 5.95 Å². The summed E-state index contributed by atoms with van der Waals surface area (Å²) in [6, 6.07) is 5.10. The number of rotatable bonds is 5. The molecule has 0 fully saturated rings. The molecule has 0 saturated heterocycles. The quantitative estimate of drug-likeness (QED) is 0.754. The Morgan fingerprint density at radius 2 is 1.95 bits per heavy atom. The first-order chi connectivity index (χ1) is 9.69.